The van der Waals surface area contributed by atoms with Crippen molar-refractivity contribution >= 4 is 23.6 Å². The highest BCUT2D eigenvalue weighted by Crippen LogP contribution is 2.58. The summed E-state index contributed by atoms with van der Waals surface area (Å²) in [5, 5.41) is 10.7. The van der Waals surface area contributed by atoms with E-state index in [1.807, 2.05) is 6.08 Å². The number of nitrogens with zero attached hydrogens (tertiary/aromatic N) is 2. The largest absolute Gasteiger partial charge is 0.508 e. The molecule has 0 aromatic heterocycles. The predicted molar refractivity (Wildman–Crippen MR) is 108 cm³/mol. The second-order valence-corrected chi connectivity index (χ2v) is 8.92. The van der Waals surface area contributed by atoms with Gasteiger partial charge in [-0.15, -0.1) is 0 Å². The molecule has 2 heterocycles. The summed E-state index contributed by atoms with van der Waals surface area (Å²) in [6.07, 6.45) is 2.70. The molecule has 5 rings (SSSR count). The van der Waals surface area contributed by atoms with Crippen LogP contribution in [0, 0.1) is 29.6 Å². The van der Waals surface area contributed by atoms with E-state index in [1.165, 1.54) is 32.2 Å². The quantitative estimate of drug-likeness (QED) is 0.567. The second-order valence-electron chi connectivity index (χ2n) is 8.92. The van der Waals surface area contributed by atoms with Crippen molar-refractivity contribution in [1.29, 1.82) is 0 Å². The Bertz CT molecular complexity index is 1060. The highest BCUT2D eigenvalue weighted by atomic mass is 16.5. The SMILES string of the molecule is COc1ccc(O)c([C@H]2C3=CC[C@@H]4C(=O)N(C)C(=O)[C@@H]4[C@@H]3C[C@H]3C(=O)N(C)C(=O)[C@@H]23)c1. The van der Waals surface area contributed by atoms with Gasteiger partial charge < -0.3 is 9.84 Å². The van der Waals surface area contributed by atoms with E-state index >= 15 is 0 Å². The summed E-state index contributed by atoms with van der Waals surface area (Å²) >= 11 is 0. The average Bonchev–Trinajstić information content (AvgIpc) is 3.13. The van der Waals surface area contributed by atoms with Gasteiger partial charge >= 0.3 is 0 Å². The number of amides is 4. The maximum atomic E-state index is 13.1. The van der Waals surface area contributed by atoms with Crippen molar-refractivity contribution in [3.05, 3.63) is 35.4 Å². The number of phenolic OH excluding ortho intramolecular Hbond substituents is 1. The van der Waals surface area contributed by atoms with Crippen LogP contribution in [0.15, 0.2) is 29.8 Å². The van der Waals surface area contributed by atoms with Crippen molar-refractivity contribution in [2.24, 2.45) is 29.6 Å². The number of allylic oxidation sites excluding steroid dienone is 2. The molecule has 0 spiro atoms. The zero-order chi connectivity index (χ0) is 22.2. The Labute approximate surface area is 179 Å². The van der Waals surface area contributed by atoms with Gasteiger partial charge in [-0.2, -0.15) is 0 Å². The van der Waals surface area contributed by atoms with E-state index in [2.05, 4.69) is 0 Å². The number of fused-ring (bicyclic) bond motifs is 4. The number of carbonyl (C=O) groups excluding carboxylic acids is 4. The molecule has 0 radical (unpaired) electrons. The molecule has 2 saturated heterocycles. The number of hydrogen-bond donors (Lipinski definition) is 1. The number of carbonyl (C=O) groups is 4. The van der Waals surface area contributed by atoms with Gasteiger partial charge in [0.1, 0.15) is 11.5 Å². The number of aromatic hydroxyl groups is 1. The van der Waals surface area contributed by atoms with Gasteiger partial charge in [0.05, 0.1) is 30.8 Å². The molecule has 31 heavy (non-hydrogen) atoms. The van der Waals surface area contributed by atoms with E-state index in [4.69, 9.17) is 4.74 Å². The fourth-order valence-corrected chi connectivity index (χ4v) is 6.16. The number of phenols is 1. The van der Waals surface area contributed by atoms with E-state index in [0.29, 0.717) is 24.2 Å². The van der Waals surface area contributed by atoms with E-state index < -0.39 is 29.6 Å². The van der Waals surface area contributed by atoms with E-state index in [1.54, 1.807) is 12.1 Å². The molecule has 6 atom stereocenters. The molecule has 8 heteroatoms. The summed E-state index contributed by atoms with van der Waals surface area (Å²) < 4.78 is 5.33. The molecule has 0 unspecified atom stereocenters. The first-order valence-electron chi connectivity index (χ1n) is 10.5. The molecular weight excluding hydrogens is 400 g/mol. The van der Waals surface area contributed by atoms with Crippen LogP contribution in [-0.2, 0) is 19.2 Å². The number of likely N-dealkylation sites (tertiary alicyclic amines) is 2. The summed E-state index contributed by atoms with van der Waals surface area (Å²) in [5.74, 6) is -3.57. The topological polar surface area (TPSA) is 104 Å². The average molecular weight is 424 g/mol. The van der Waals surface area contributed by atoms with Crippen molar-refractivity contribution < 1.29 is 29.0 Å². The van der Waals surface area contributed by atoms with Crippen LogP contribution in [0.1, 0.15) is 24.3 Å². The van der Waals surface area contributed by atoms with Crippen molar-refractivity contribution in [1.82, 2.24) is 9.80 Å². The van der Waals surface area contributed by atoms with Crippen LogP contribution in [0.5, 0.6) is 11.5 Å². The maximum Gasteiger partial charge on any atom is 0.233 e. The molecular formula is C23H24N2O6. The summed E-state index contributed by atoms with van der Waals surface area (Å²) in [7, 11) is 4.49. The normalized spacial score (nSPS) is 34.5. The number of benzene rings is 1. The predicted octanol–water partition coefficient (Wildman–Crippen LogP) is 1.30. The second kappa shape index (κ2) is 6.67. The van der Waals surface area contributed by atoms with Crippen molar-refractivity contribution in [3.63, 3.8) is 0 Å². The first-order valence-corrected chi connectivity index (χ1v) is 10.5. The fourth-order valence-electron chi connectivity index (χ4n) is 6.16. The van der Waals surface area contributed by atoms with Crippen molar-refractivity contribution in [2.45, 2.75) is 18.8 Å². The van der Waals surface area contributed by atoms with Crippen molar-refractivity contribution in [3.8, 4) is 11.5 Å². The van der Waals surface area contributed by atoms with Crippen LogP contribution in [-0.4, -0.2) is 59.7 Å². The fraction of sp³-hybridized carbons (Fsp3) is 0.478. The first kappa shape index (κ1) is 19.8. The first-order chi connectivity index (χ1) is 14.8. The van der Waals surface area contributed by atoms with Gasteiger partial charge in [0.25, 0.3) is 0 Å². The Balaban J connectivity index is 1.69. The van der Waals surface area contributed by atoms with Crippen LogP contribution in [0.3, 0.4) is 0 Å². The number of methoxy groups -OCH3 is 1. The van der Waals surface area contributed by atoms with Crippen molar-refractivity contribution in [2.75, 3.05) is 21.2 Å². The van der Waals surface area contributed by atoms with E-state index in [-0.39, 0.29) is 35.3 Å². The van der Waals surface area contributed by atoms with Crippen LogP contribution < -0.4 is 4.74 Å². The summed E-state index contributed by atoms with van der Waals surface area (Å²) in [6, 6.07) is 4.84. The molecule has 2 aliphatic carbocycles. The third-order valence-electron chi connectivity index (χ3n) is 7.66. The molecule has 1 saturated carbocycles. The van der Waals surface area contributed by atoms with Crippen LogP contribution in [0.4, 0.5) is 0 Å². The Hall–Kier alpha value is -3.16. The van der Waals surface area contributed by atoms with Gasteiger partial charge in [0, 0.05) is 25.6 Å². The lowest BCUT2D eigenvalue weighted by Crippen LogP contribution is -2.42. The van der Waals surface area contributed by atoms with Gasteiger partial charge in [0.15, 0.2) is 0 Å². The molecule has 8 nitrogen and oxygen atoms in total. The zero-order valence-electron chi connectivity index (χ0n) is 17.6. The van der Waals surface area contributed by atoms with Gasteiger partial charge in [-0.05, 0) is 37.0 Å². The molecule has 0 bridgehead atoms. The molecule has 162 valence electrons. The summed E-state index contributed by atoms with van der Waals surface area (Å²) in [6.45, 7) is 0. The number of imide groups is 2. The third-order valence-corrected chi connectivity index (χ3v) is 7.66. The van der Waals surface area contributed by atoms with E-state index in [0.717, 1.165) is 10.5 Å². The van der Waals surface area contributed by atoms with Gasteiger partial charge in [-0.3, -0.25) is 29.0 Å². The van der Waals surface area contributed by atoms with Gasteiger partial charge in [0.2, 0.25) is 23.6 Å². The molecule has 4 aliphatic rings. The highest BCUT2D eigenvalue weighted by Gasteiger charge is 2.61. The Morgan fingerprint density at radius 1 is 0.903 bits per heavy atom. The number of ether oxygens (including phenoxy) is 1. The number of hydrogen-bond acceptors (Lipinski definition) is 6. The zero-order valence-corrected chi connectivity index (χ0v) is 17.6. The molecule has 3 fully saturated rings. The highest BCUT2D eigenvalue weighted by molar-refractivity contribution is 6.07. The Morgan fingerprint density at radius 3 is 2.23 bits per heavy atom. The third kappa shape index (κ3) is 2.53. The maximum absolute atomic E-state index is 13.1. The van der Waals surface area contributed by atoms with Crippen LogP contribution in [0.25, 0.3) is 0 Å². The molecule has 1 aromatic rings. The minimum Gasteiger partial charge on any atom is -0.508 e. The lowest BCUT2D eigenvalue weighted by Gasteiger charge is -2.44. The Kier molecular flexibility index (Phi) is 4.26. The minimum atomic E-state index is -0.653. The molecule has 1 aromatic carbocycles. The number of rotatable bonds is 2. The van der Waals surface area contributed by atoms with Crippen LogP contribution >= 0.6 is 0 Å². The summed E-state index contributed by atoms with van der Waals surface area (Å²) in [5.41, 5.74) is 1.37. The standard InChI is InChI=1S/C23H24N2O6/c1-24-20(27)12-6-5-11-13(18(12)22(24)29)9-15-19(23(30)25(2)21(15)28)17(11)14-8-10(31-3)4-7-16(14)26/h4-5,7-8,12-13,15,17-19,26H,6,9H2,1-3H3/t12-,13+,15+,17+,18-,19+/m0/s1. The summed E-state index contributed by atoms with van der Waals surface area (Å²) in [4.78, 5) is 54.0. The lowest BCUT2D eigenvalue weighted by atomic mass is 9.57. The van der Waals surface area contributed by atoms with Gasteiger partial charge in [-0.25, -0.2) is 0 Å². The lowest BCUT2D eigenvalue weighted by molar-refractivity contribution is -0.140. The Morgan fingerprint density at radius 2 is 1.55 bits per heavy atom. The van der Waals surface area contributed by atoms with Gasteiger partial charge in [-0.1, -0.05) is 11.6 Å². The minimum absolute atomic E-state index is 0.00830. The molecule has 4 amide bonds. The molecule has 2 aliphatic heterocycles. The monoisotopic (exact) mass is 424 g/mol. The smallest absolute Gasteiger partial charge is 0.233 e. The van der Waals surface area contributed by atoms with Crippen LogP contribution in [0.2, 0.25) is 0 Å². The molecule has 1 N–H and O–H groups in total. The van der Waals surface area contributed by atoms with E-state index in [9.17, 15) is 24.3 Å².